The number of hydrogen-bond acceptors (Lipinski definition) is 5. The minimum atomic E-state index is -0.390. The summed E-state index contributed by atoms with van der Waals surface area (Å²) in [7, 11) is 3.63. The first-order valence-electron chi connectivity index (χ1n) is 6.22. The predicted octanol–water partition coefficient (Wildman–Crippen LogP) is 1.99. The molecule has 1 aromatic heterocycles. The molecule has 1 heterocycles. The molecule has 0 atom stereocenters. The Labute approximate surface area is 117 Å². The van der Waals surface area contributed by atoms with Crippen molar-refractivity contribution < 1.29 is 14.3 Å². The number of hydrogen-bond donors (Lipinski definition) is 1. The number of nitrogens with zero attached hydrogens (tertiary/aromatic N) is 1. The second kappa shape index (κ2) is 7.25. The molecule has 0 bridgehead atoms. The number of amides is 1. The summed E-state index contributed by atoms with van der Waals surface area (Å²) in [6, 6.07) is 1.79. The molecule has 1 rings (SSSR count). The molecule has 0 saturated heterocycles. The lowest BCUT2D eigenvalue weighted by Gasteiger charge is -2.10. The summed E-state index contributed by atoms with van der Waals surface area (Å²) in [6.07, 6.45) is 0.820. The van der Waals surface area contributed by atoms with Gasteiger partial charge < -0.3 is 15.0 Å². The Morgan fingerprint density at radius 3 is 2.58 bits per heavy atom. The Morgan fingerprint density at radius 2 is 2.05 bits per heavy atom. The van der Waals surface area contributed by atoms with Crippen LogP contribution in [0.15, 0.2) is 6.07 Å². The molecule has 19 heavy (non-hydrogen) atoms. The zero-order valence-electron chi connectivity index (χ0n) is 11.8. The van der Waals surface area contributed by atoms with Crippen LogP contribution >= 0.6 is 11.3 Å². The van der Waals surface area contributed by atoms with Crippen LogP contribution in [0.25, 0.3) is 0 Å². The third-order valence-electron chi connectivity index (χ3n) is 2.34. The van der Waals surface area contributed by atoms with Gasteiger partial charge >= 0.3 is 5.97 Å². The molecule has 1 amide bonds. The largest absolute Gasteiger partial charge is 0.462 e. The molecule has 106 valence electrons. The molecule has 0 fully saturated rings. The van der Waals surface area contributed by atoms with Gasteiger partial charge in [0.15, 0.2) is 0 Å². The van der Waals surface area contributed by atoms with Gasteiger partial charge in [-0.2, -0.15) is 0 Å². The van der Waals surface area contributed by atoms with Crippen molar-refractivity contribution in [1.29, 1.82) is 0 Å². The zero-order chi connectivity index (χ0) is 14.4. The predicted molar refractivity (Wildman–Crippen MR) is 76.8 cm³/mol. The Kier molecular flexibility index (Phi) is 5.98. The smallest absolute Gasteiger partial charge is 0.341 e. The number of anilines is 1. The van der Waals surface area contributed by atoms with E-state index in [1.165, 1.54) is 11.3 Å². The molecule has 0 unspecified atom stereocenters. The van der Waals surface area contributed by atoms with Gasteiger partial charge in [0.1, 0.15) is 5.00 Å². The fourth-order valence-corrected chi connectivity index (χ4v) is 2.52. The van der Waals surface area contributed by atoms with Crippen LogP contribution in [0.5, 0.6) is 0 Å². The van der Waals surface area contributed by atoms with Gasteiger partial charge in [-0.3, -0.25) is 4.79 Å². The molecule has 0 aliphatic heterocycles. The molecule has 0 aliphatic carbocycles. The van der Waals surface area contributed by atoms with Crippen LogP contribution in [0.2, 0.25) is 0 Å². The van der Waals surface area contributed by atoms with E-state index in [-0.39, 0.29) is 12.5 Å². The number of nitrogens with one attached hydrogen (secondary N) is 1. The lowest BCUT2D eigenvalue weighted by molar-refractivity contribution is -0.116. The highest BCUT2D eigenvalue weighted by Gasteiger charge is 2.18. The van der Waals surface area contributed by atoms with Gasteiger partial charge in [0.2, 0.25) is 5.91 Å². The summed E-state index contributed by atoms with van der Waals surface area (Å²) in [5, 5.41) is 3.34. The number of ether oxygens (including phenoxy) is 1. The highest BCUT2D eigenvalue weighted by Crippen LogP contribution is 2.29. The molecule has 0 saturated carbocycles. The molecule has 0 aliphatic rings. The SMILES string of the molecule is CCOC(=O)c1cc(CC)sc1NC(=O)CN(C)C. The summed E-state index contributed by atoms with van der Waals surface area (Å²) in [5.41, 5.74) is 0.441. The van der Waals surface area contributed by atoms with E-state index in [9.17, 15) is 9.59 Å². The van der Waals surface area contributed by atoms with Gasteiger partial charge in [-0.15, -0.1) is 11.3 Å². The molecule has 0 spiro atoms. The summed E-state index contributed by atoms with van der Waals surface area (Å²) >= 11 is 1.42. The van der Waals surface area contributed by atoms with Crippen molar-refractivity contribution in [3.8, 4) is 0 Å². The van der Waals surface area contributed by atoms with E-state index in [2.05, 4.69) is 5.32 Å². The van der Waals surface area contributed by atoms with Crippen molar-refractivity contribution in [2.24, 2.45) is 0 Å². The standard InChI is InChI=1S/C13H20N2O3S/c1-5-9-7-10(13(17)18-6-2)12(19-9)14-11(16)8-15(3)4/h7H,5-6,8H2,1-4H3,(H,14,16). The van der Waals surface area contributed by atoms with E-state index >= 15 is 0 Å². The van der Waals surface area contributed by atoms with E-state index in [0.717, 1.165) is 11.3 Å². The Bertz CT molecular complexity index is 455. The maximum Gasteiger partial charge on any atom is 0.341 e. The van der Waals surface area contributed by atoms with Crippen LogP contribution in [0.4, 0.5) is 5.00 Å². The fourth-order valence-electron chi connectivity index (χ4n) is 1.52. The maximum absolute atomic E-state index is 11.8. The monoisotopic (exact) mass is 284 g/mol. The first kappa shape index (κ1) is 15.7. The average Bonchev–Trinajstić information content (AvgIpc) is 2.71. The summed E-state index contributed by atoms with van der Waals surface area (Å²) < 4.78 is 5.00. The van der Waals surface area contributed by atoms with Gasteiger partial charge in [0.25, 0.3) is 0 Å². The fraction of sp³-hybridized carbons (Fsp3) is 0.538. The minimum absolute atomic E-state index is 0.139. The van der Waals surface area contributed by atoms with E-state index in [4.69, 9.17) is 4.74 Å². The van der Waals surface area contributed by atoms with Crippen LogP contribution in [0.1, 0.15) is 29.1 Å². The van der Waals surface area contributed by atoms with Crippen molar-refractivity contribution in [2.45, 2.75) is 20.3 Å². The second-order valence-corrected chi connectivity index (χ2v) is 5.45. The first-order valence-corrected chi connectivity index (χ1v) is 7.04. The molecule has 0 aromatic carbocycles. The van der Waals surface area contributed by atoms with Gasteiger partial charge in [-0.25, -0.2) is 4.79 Å². The summed E-state index contributed by atoms with van der Waals surface area (Å²) in [6.45, 7) is 4.37. The van der Waals surface area contributed by atoms with E-state index in [0.29, 0.717) is 17.2 Å². The highest BCUT2D eigenvalue weighted by molar-refractivity contribution is 7.16. The third kappa shape index (κ3) is 4.65. The molecule has 5 nitrogen and oxygen atoms in total. The normalized spacial score (nSPS) is 10.6. The van der Waals surface area contributed by atoms with E-state index in [1.807, 2.05) is 21.0 Å². The topological polar surface area (TPSA) is 58.6 Å². The Balaban J connectivity index is 2.89. The second-order valence-electron chi connectivity index (χ2n) is 4.32. The molecular weight excluding hydrogens is 264 g/mol. The number of aryl methyl sites for hydroxylation is 1. The van der Waals surface area contributed by atoms with Crippen LogP contribution in [0, 0.1) is 0 Å². The Hall–Kier alpha value is -1.40. The first-order chi connectivity index (χ1) is 8.97. The average molecular weight is 284 g/mol. The molecular formula is C13H20N2O3S. The van der Waals surface area contributed by atoms with Gasteiger partial charge in [0.05, 0.1) is 18.7 Å². The zero-order valence-corrected chi connectivity index (χ0v) is 12.6. The van der Waals surface area contributed by atoms with Crippen molar-refractivity contribution in [3.05, 3.63) is 16.5 Å². The lowest BCUT2D eigenvalue weighted by Crippen LogP contribution is -2.27. The van der Waals surface area contributed by atoms with Crippen molar-refractivity contribution in [3.63, 3.8) is 0 Å². The summed E-state index contributed by atoms with van der Waals surface area (Å²) in [4.78, 5) is 26.4. The number of carbonyl (C=O) groups excluding carboxylic acids is 2. The van der Waals surface area contributed by atoms with Crippen molar-refractivity contribution >= 4 is 28.2 Å². The third-order valence-corrected chi connectivity index (χ3v) is 3.53. The number of thiophene rings is 1. The number of likely N-dealkylation sites (N-methyl/N-ethyl adjacent to an activating group) is 1. The number of esters is 1. The quantitative estimate of drug-likeness (QED) is 0.812. The van der Waals surface area contributed by atoms with Crippen LogP contribution in [-0.4, -0.2) is 44.0 Å². The van der Waals surface area contributed by atoms with Crippen molar-refractivity contribution in [2.75, 3.05) is 32.6 Å². The molecule has 1 N–H and O–H groups in total. The highest BCUT2D eigenvalue weighted by atomic mass is 32.1. The number of carbonyl (C=O) groups is 2. The van der Waals surface area contributed by atoms with Crippen LogP contribution < -0.4 is 5.32 Å². The van der Waals surface area contributed by atoms with Crippen LogP contribution in [-0.2, 0) is 16.0 Å². The van der Waals surface area contributed by atoms with Gasteiger partial charge in [0, 0.05) is 4.88 Å². The molecule has 0 radical (unpaired) electrons. The summed E-state index contributed by atoms with van der Waals surface area (Å²) in [5.74, 6) is -0.529. The van der Waals surface area contributed by atoms with Crippen molar-refractivity contribution in [1.82, 2.24) is 4.90 Å². The maximum atomic E-state index is 11.8. The molecule has 6 heteroatoms. The lowest BCUT2D eigenvalue weighted by atomic mass is 10.2. The molecule has 1 aromatic rings. The van der Waals surface area contributed by atoms with E-state index in [1.54, 1.807) is 17.9 Å². The Morgan fingerprint density at radius 1 is 1.37 bits per heavy atom. The van der Waals surface area contributed by atoms with E-state index < -0.39 is 5.97 Å². The van der Waals surface area contributed by atoms with Gasteiger partial charge in [-0.05, 0) is 33.5 Å². The van der Waals surface area contributed by atoms with Crippen LogP contribution in [0.3, 0.4) is 0 Å². The minimum Gasteiger partial charge on any atom is -0.462 e. The van der Waals surface area contributed by atoms with Gasteiger partial charge in [-0.1, -0.05) is 6.92 Å². The number of rotatable bonds is 6.